The quantitative estimate of drug-likeness (QED) is 0.857. The van der Waals surface area contributed by atoms with Crippen LogP contribution in [-0.2, 0) is 13.1 Å². The summed E-state index contributed by atoms with van der Waals surface area (Å²) in [6.45, 7) is 3.31. The maximum Gasteiger partial charge on any atom is 0.343 e. The first-order valence-electron chi connectivity index (χ1n) is 7.02. The predicted molar refractivity (Wildman–Crippen MR) is 84.0 cm³/mol. The first-order valence-corrected chi connectivity index (χ1v) is 8.21. The van der Waals surface area contributed by atoms with E-state index in [0.717, 1.165) is 22.0 Å². The van der Waals surface area contributed by atoms with E-state index in [4.69, 9.17) is 11.6 Å². The van der Waals surface area contributed by atoms with Crippen molar-refractivity contribution in [2.24, 2.45) is 0 Å². The summed E-state index contributed by atoms with van der Waals surface area (Å²) >= 11 is 7.59. The fraction of sp³-hybridized carbons (Fsp3) is 0.429. The molecule has 7 heteroatoms. The van der Waals surface area contributed by atoms with Gasteiger partial charge in [-0.1, -0.05) is 11.6 Å². The van der Waals surface area contributed by atoms with Crippen LogP contribution in [0.5, 0.6) is 0 Å². The molecule has 1 aliphatic carbocycles. The van der Waals surface area contributed by atoms with Crippen molar-refractivity contribution in [2.75, 3.05) is 0 Å². The zero-order chi connectivity index (χ0) is 14.8. The molecular formula is C14H17ClN4OS. The number of nitrogens with zero attached hydrogens (tertiary/aromatic N) is 2. The molecule has 1 fully saturated rings. The Labute approximate surface area is 132 Å². The number of nitrogens with one attached hydrogen (secondary N) is 2. The maximum atomic E-state index is 11.6. The summed E-state index contributed by atoms with van der Waals surface area (Å²) in [5, 5.41) is 11.5. The topological polar surface area (TPSA) is 62.7 Å². The van der Waals surface area contributed by atoms with Crippen LogP contribution < -0.4 is 11.0 Å². The molecule has 21 heavy (non-hydrogen) atoms. The van der Waals surface area contributed by atoms with Crippen LogP contribution in [0.25, 0.3) is 0 Å². The van der Waals surface area contributed by atoms with E-state index in [0.29, 0.717) is 17.7 Å². The average Bonchev–Trinajstić information content (AvgIpc) is 3.23. The van der Waals surface area contributed by atoms with E-state index in [1.165, 1.54) is 24.6 Å². The Hall–Kier alpha value is -1.24. The number of H-pyrrole nitrogens is 1. The molecular weight excluding hydrogens is 308 g/mol. The van der Waals surface area contributed by atoms with Gasteiger partial charge in [0.2, 0.25) is 0 Å². The molecule has 1 aliphatic rings. The summed E-state index contributed by atoms with van der Waals surface area (Å²) in [6, 6.07) is 6.46. The van der Waals surface area contributed by atoms with Gasteiger partial charge in [-0.15, -0.1) is 5.10 Å². The lowest BCUT2D eigenvalue weighted by molar-refractivity contribution is 0.659. The third kappa shape index (κ3) is 3.51. The molecule has 1 aromatic heterocycles. The van der Waals surface area contributed by atoms with Crippen molar-refractivity contribution in [1.82, 2.24) is 20.1 Å². The van der Waals surface area contributed by atoms with Gasteiger partial charge in [0, 0.05) is 29.0 Å². The summed E-state index contributed by atoms with van der Waals surface area (Å²) in [5.41, 5.74) is 0.962. The van der Waals surface area contributed by atoms with E-state index >= 15 is 0 Å². The van der Waals surface area contributed by atoms with Crippen LogP contribution in [0.15, 0.2) is 33.0 Å². The van der Waals surface area contributed by atoms with Crippen LogP contribution in [-0.4, -0.2) is 20.8 Å². The van der Waals surface area contributed by atoms with Crippen molar-refractivity contribution in [3.63, 3.8) is 0 Å². The molecule has 5 nitrogen and oxygen atoms in total. The van der Waals surface area contributed by atoms with E-state index < -0.39 is 0 Å². The third-order valence-corrected chi connectivity index (χ3v) is 4.77. The molecule has 0 spiro atoms. The van der Waals surface area contributed by atoms with Crippen LogP contribution in [0.4, 0.5) is 0 Å². The smallest absolute Gasteiger partial charge is 0.310 e. The van der Waals surface area contributed by atoms with Crippen molar-refractivity contribution < 1.29 is 0 Å². The molecule has 0 bridgehead atoms. The van der Waals surface area contributed by atoms with Gasteiger partial charge < -0.3 is 5.32 Å². The lowest BCUT2D eigenvalue weighted by Gasteiger charge is -2.10. The van der Waals surface area contributed by atoms with E-state index in [9.17, 15) is 4.79 Å². The van der Waals surface area contributed by atoms with Crippen LogP contribution in [0.2, 0.25) is 5.02 Å². The molecule has 0 saturated heterocycles. The number of aromatic amines is 1. The first-order chi connectivity index (χ1) is 10.2. The molecule has 1 aromatic carbocycles. The van der Waals surface area contributed by atoms with E-state index in [-0.39, 0.29) is 5.69 Å². The van der Waals surface area contributed by atoms with Crippen LogP contribution in [0.3, 0.4) is 0 Å². The largest absolute Gasteiger partial charge is 0.343 e. The summed E-state index contributed by atoms with van der Waals surface area (Å²) < 4.78 is 1.62. The van der Waals surface area contributed by atoms with Gasteiger partial charge in [-0.25, -0.2) is 9.89 Å². The highest BCUT2D eigenvalue weighted by atomic mass is 35.5. The molecule has 0 radical (unpaired) electrons. The highest BCUT2D eigenvalue weighted by Gasteiger charge is 2.21. The molecule has 1 saturated carbocycles. The third-order valence-electron chi connectivity index (χ3n) is 3.42. The van der Waals surface area contributed by atoms with Crippen molar-refractivity contribution in [2.45, 2.75) is 48.9 Å². The Kier molecular flexibility index (Phi) is 4.37. The minimum absolute atomic E-state index is 0.174. The Morgan fingerprint density at radius 1 is 1.52 bits per heavy atom. The Bertz CT molecular complexity index is 693. The summed E-state index contributed by atoms with van der Waals surface area (Å²) in [5.74, 6) is 0. The predicted octanol–water partition coefficient (Wildman–Crippen LogP) is 2.65. The number of aromatic nitrogens is 3. The van der Waals surface area contributed by atoms with Crippen molar-refractivity contribution in [1.29, 1.82) is 0 Å². The standard InChI is InChI=1S/C14H17ClN4OS/c1-2-19-13(20)17-18-14(19)21-12-6-3-10(15)7-9(12)8-16-11-4-5-11/h3,6-7,11,16H,2,4-5,8H2,1H3,(H,17,20). The molecule has 0 unspecified atom stereocenters. The monoisotopic (exact) mass is 324 g/mol. The minimum atomic E-state index is -0.174. The van der Waals surface area contributed by atoms with Crippen molar-refractivity contribution in [3.05, 3.63) is 39.3 Å². The number of hydrogen-bond donors (Lipinski definition) is 2. The van der Waals surface area contributed by atoms with E-state index in [2.05, 4.69) is 15.5 Å². The van der Waals surface area contributed by atoms with Gasteiger partial charge >= 0.3 is 5.69 Å². The zero-order valence-electron chi connectivity index (χ0n) is 11.7. The fourth-order valence-corrected chi connectivity index (χ4v) is 3.29. The van der Waals surface area contributed by atoms with Gasteiger partial charge in [-0.2, -0.15) is 0 Å². The lowest BCUT2D eigenvalue weighted by Crippen LogP contribution is -2.17. The number of rotatable bonds is 6. The van der Waals surface area contributed by atoms with Gasteiger partial charge in [-0.05, 0) is 55.3 Å². The molecule has 2 aromatic rings. The summed E-state index contributed by atoms with van der Waals surface area (Å²) in [6.07, 6.45) is 2.50. The van der Waals surface area contributed by atoms with Gasteiger partial charge in [0.05, 0.1) is 0 Å². The van der Waals surface area contributed by atoms with Gasteiger partial charge in [0.25, 0.3) is 0 Å². The average molecular weight is 325 g/mol. The van der Waals surface area contributed by atoms with Gasteiger partial charge in [-0.3, -0.25) is 4.57 Å². The Morgan fingerprint density at radius 2 is 2.33 bits per heavy atom. The van der Waals surface area contributed by atoms with Crippen molar-refractivity contribution >= 4 is 23.4 Å². The van der Waals surface area contributed by atoms with Gasteiger partial charge in [0.1, 0.15) is 0 Å². The SMILES string of the molecule is CCn1c(Sc2ccc(Cl)cc2CNC2CC2)n[nH]c1=O. The van der Waals surface area contributed by atoms with Gasteiger partial charge in [0.15, 0.2) is 5.16 Å². The van der Waals surface area contributed by atoms with Crippen molar-refractivity contribution in [3.8, 4) is 0 Å². The highest BCUT2D eigenvalue weighted by molar-refractivity contribution is 7.99. The molecule has 0 amide bonds. The number of halogens is 1. The maximum absolute atomic E-state index is 11.6. The Morgan fingerprint density at radius 3 is 3.05 bits per heavy atom. The zero-order valence-corrected chi connectivity index (χ0v) is 13.3. The van der Waals surface area contributed by atoms with Crippen LogP contribution in [0, 0.1) is 0 Å². The molecule has 1 heterocycles. The lowest BCUT2D eigenvalue weighted by atomic mass is 10.2. The Balaban J connectivity index is 1.84. The summed E-state index contributed by atoms with van der Waals surface area (Å²) in [7, 11) is 0. The molecule has 0 atom stereocenters. The highest BCUT2D eigenvalue weighted by Crippen LogP contribution is 2.31. The molecule has 2 N–H and O–H groups in total. The summed E-state index contributed by atoms with van der Waals surface area (Å²) in [4.78, 5) is 12.7. The molecule has 3 rings (SSSR count). The molecule has 0 aliphatic heterocycles. The fourth-order valence-electron chi connectivity index (χ4n) is 2.09. The van der Waals surface area contributed by atoms with Crippen LogP contribution in [0.1, 0.15) is 25.3 Å². The normalized spacial score (nSPS) is 14.6. The second-order valence-electron chi connectivity index (χ2n) is 5.06. The second-order valence-corrected chi connectivity index (χ2v) is 6.51. The minimum Gasteiger partial charge on any atom is -0.310 e. The number of hydrogen-bond acceptors (Lipinski definition) is 4. The van der Waals surface area contributed by atoms with Crippen LogP contribution >= 0.6 is 23.4 Å². The number of benzene rings is 1. The van der Waals surface area contributed by atoms with E-state index in [1.54, 1.807) is 4.57 Å². The second kappa shape index (κ2) is 6.25. The molecule has 112 valence electrons. The van der Waals surface area contributed by atoms with E-state index in [1.807, 2.05) is 25.1 Å². The first kappa shape index (κ1) is 14.7.